The molecule has 2 aliphatic heterocycles. The van der Waals surface area contributed by atoms with Gasteiger partial charge in [0.15, 0.2) is 0 Å². The highest BCUT2D eigenvalue weighted by Crippen LogP contribution is 2.77. The van der Waals surface area contributed by atoms with E-state index in [1.54, 1.807) is 12.5 Å². The first kappa shape index (κ1) is 23.6. The maximum atomic E-state index is 14.0. The van der Waals surface area contributed by atoms with E-state index in [4.69, 9.17) is 24.0 Å². The number of carbonyl (C=O) groups excluding carboxylic acids is 3. The fraction of sp³-hybridized carbons (Fsp3) is 0.643. The molecule has 1 aromatic rings. The van der Waals surface area contributed by atoms with Gasteiger partial charge in [-0.05, 0) is 49.8 Å². The minimum Gasteiger partial charge on any atom is -0.472 e. The van der Waals surface area contributed by atoms with Crippen molar-refractivity contribution in [3.05, 3.63) is 35.3 Å². The standard InChI is InChI=1S/C28H33NO7/c1-14-16(15-7-9-34-12-15)10-17-21(14)26(3)18(11-20(31)33-5)27(4)19(30)6-8-25(2)24(32)36-23(22(26)35-17)28(25,27)13-29/h7,9,12-13,16-18,22-23,29H,6,8,10-11H2,1-5H3/t16?,17?,18-,22+,23-,25-,26+,27-,28?/m0/s1. The molecule has 0 radical (unpaired) electrons. The highest BCUT2D eigenvalue weighted by Gasteiger charge is 2.84. The van der Waals surface area contributed by atoms with Gasteiger partial charge in [-0.15, -0.1) is 0 Å². The fourth-order valence-corrected chi connectivity index (χ4v) is 9.24. The van der Waals surface area contributed by atoms with Crippen LogP contribution in [0.15, 0.2) is 34.2 Å². The maximum Gasteiger partial charge on any atom is 0.313 e. The second-order valence-corrected chi connectivity index (χ2v) is 11.9. The topological polar surface area (TPSA) is 116 Å². The Hall–Kier alpha value is -2.74. The van der Waals surface area contributed by atoms with Gasteiger partial charge in [0.1, 0.15) is 18.0 Å². The first-order valence-electron chi connectivity index (χ1n) is 12.7. The Bertz CT molecular complexity index is 1220. The molecule has 192 valence electrons. The normalized spacial score (nSPS) is 46.8. The number of rotatable bonds is 4. The van der Waals surface area contributed by atoms with Crippen LogP contribution in [0.5, 0.6) is 0 Å². The van der Waals surface area contributed by atoms with Crippen molar-refractivity contribution < 1.29 is 33.0 Å². The van der Waals surface area contributed by atoms with Crippen LogP contribution in [0.3, 0.4) is 0 Å². The van der Waals surface area contributed by atoms with Gasteiger partial charge in [0.05, 0.1) is 43.0 Å². The third kappa shape index (κ3) is 2.31. The van der Waals surface area contributed by atoms with Crippen molar-refractivity contribution >= 4 is 23.9 Å². The van der Waals surface area contributed by atoms with Crippen LogP contribution >= 0.6 is 0 Å². The summed E-state index contributed by atoms with van der Waals surface area (Å²) in [5, 5.41) is 8.70. The van der Waals surface area contributed by atoms with Gasteiger partial charge < -0.3 is 24.0 Å². The summed E-state index contributed by atoms with van der Waals surface area (Å²) in [6.45, 7) is 7.82. The average molecular weight is 496 g/mol. The molecule has 4 fully saturated rings. The Morgan fingerprint density at radius 1 is 1.25 bits per heavy atom. The Morgan fingerprint density at radius 2 is 2.00 bits per heavy atom. The SMILES string of the molecule is COC(=O)C[C@H]1[C@]2(C)C3=C(C)C(c4ccoc4)CC3O[C@@H]2[C@@H]2OC(=O)[C@]3(C)CCC(=O)[C@@]1(C)C23C=N. The minimum absolute atomic E-state index is 0.0123. The summed E-state index contributed by atoms with van der Waals surface area (Å²) in [4.78, 5) is 40.4. The van der Waals surface area contributed by atoms with Crippen molar-refractivity contribution in [3.63, 3.8) is 0 Å². The molecule has 0 bridgehead atoms. The predicted octanol–water partition coefficient (Wildman–Crippen LogP) is 3.99. The number of fused-ring (bicyclic) bond motifs is 4. The van der Waals surface area contributed by atoms with Crippen LogP contribution in [0.4, 0.5) is 0 Å². The van der Waals surface area contributed by atoms with E-state index in [9.17, 15) is 14.4 Å². The zero-order valence-corrected chi connectivity index (χ0v) is 21.4. The Kier molecular flexibility index (Phi) is 4.72. The number of ketones is 1. The van der Waals surface area contributed by atoms with Gasteiger partial charge >= 0.3 is 11.9 Å². The zero-order chi connectivity index (χ0) is 25.8. The monoisotopic (exact) mass is 495 g/mol. The number of hydrogen-bond donors (Lipinski definition) is 1. The molecule has 0 aromatic carbocycles. The van der Waals surface area contributed by atoms with Crippen LogP contribution in [0.2, 0.25) is 0 Å². The van der Waals surface area contributed by atoms with Crippen molar-refractivity contribution in [2.75, 3.05) is 7.11 Å². The largest absolute Gasteiger partial charge is 0.472 e. The van der Waals surface area contributed by atoms with E-state index in [1.165, 1.54) is 13.3 Å². The Labute approximate surface area is 210 Å². The second-order valence-electron chi connectivity index (χ2n) is 11.9. The molecular weight excluding hydrogens is 462 g/mol. The van der Waals surface area contributed by atoms with Gasteiger partial charge in [0, 0.05) is 29.4 Å². The molecule has 9 atom stereocenters. The lowest BCUT2D eigenvalue weighted by atomic mass is 9.34. The number of methoxy groups -OCH3 is 1. The third-order valence-electron chi connectivity index (χ3n) is 11.0. The molecule has 5 aliphatic rings. The van der Waals surface area contributed by atoms with E-state index < -0.39 is 51.7 Å². The van der Waals surface area contributed by atoms with Gasteiger partial charge in [0.2, 0.25) is 0 Å². The van der Waals surface area contributed by atoms with Crippen LogP contribution in [-0.2, 0) is 28.6 Å². The third-order valence-corrected chi connectivity index (χ3v) is 11.0. The summed E-state index contributed by atoms with van der Waals surface area (Å²) in [5.74, 6) is -1.29. The molecule has 2 saturated heterocycles. The molecule has 0 spiro atoms. The van der Waals surface area contributed by atoms with E-state index in [0.29, 0.717) is 12.8 Å². The van der Waals surface area contributed by atoms with Gasteiger partial charge in [-0.1, -0.05) is 19.4 Å². The summed E-state index contributed by atoms with van der Waals surface area (Å²) >= 11 is 0. The zero-order valence-electron chi connectivity index (χ0n) is 21.4. The predicted molar refractivity (Wildman–Crippen MR) is 127 cm³/mol. The Morgan fingerprint density at radius 3 is 2.64 bits per heavy atom. The van der Waals surface area contributed by atoms with Crippen molar-refractivity contribution in [2.45, 2.75) is 77.6 Å². The number of carbonyl (C=O) groups is 3. The van der Waals surface area contributed by atoms with Crippen molar-refractivity contribution in [1.82, 2.24) is 0 Å². The number of esters is 2. The van der Waals surface area contributed by atoms with Crippen molar-refractivity contribution in [3.8, 4) is 0 Å². The molecule has 1 N–H and O–H groups in total. The Balaban J connectivity index is 1.62. The van der Waals surface area contributed by atoms with Gasteiger partial charge in [-0.2, -0.15) is 0 Å². The number of nitrogens with one attached hydrogen (secondary N) is 1. The lowest BCUT2D eigenvalue weighted by Gasteiger charge is -2.65. The summed E-state index contributed by atoms with van der Waals surface area (Å²) in [7, 11) is 1.35. The van der Waals surface area contributed by atoms with Crippen LogP contribution in [-0.4, -0.2) is 49.4 Å². The molecule has 8 heteroatoms. The first-order valence-corrected chi connectivity index (χ1v) is 12.7. The molecule has 3 unspecified atom stereocenters. The average Bonchev–Trinajstić information content (AvgIpc) is 3.59. The molecule has 1 aromatic heterocycles. The van der Waals surface area contributed by atoms with Crippen LogP contribution in [0, 0.1) is 33.0 Å². The van der Waals surface area contributed by atoms with E-state index in [-0.39, 0.29) is 30.6 Å². The van der Waals surface area contributed by atoms with Crippen molar-refractivity contribution in [1.29, 1.82) is 5.41 Å². The summed E-state index contributed by atoms with van der Waals surface area (Å²) in [6.07, 6.45) is 4.27. The summed E-state index contributed by atoms with van der Waals surface area (Å²) in [6, 6.07) is 1.96. The molecule has 2 saturated carbocycles. The van der Waals surface area contributed by atoms with Crippen LogP contribution in [0.25, 0.3) is 0 Å². The number of furan rings is 1. The van der Waals surface area contributed by atoms with Crippen LogP contribution in [0.1, 0.15) is 64.9 Å². The lowest BCUT2D eigenvalue weighted by Crippen LogP contribution is -2.74. The molecular formula is C28H33NO7. The number of Topliss-reactive ketones (excluding diaryl/α,β-unsaturated/α-hetero) is 1. The molecule has 8 nitrogen and oxygen atoms in total. The van der Waals surface area contributed by atoms with E-state index in [2.05, 4.69) is 13.8 Å². The molecule has 3 aliphatic carbocycles. The number of hydrogen-bond acceptors (Lipinski definition) is 8. The fourth-order valence-electron chi connectivity index (χ4n) is 9.24. The van der Waals surface area contributed by atoms with Crippen molar-refractivity contribution in [2.24, 2.45) is 27.6 Å². The van der Waals surface area contributed by atoms with Gasteiger partial charge in [0.25, 0.3) is 0 Å². The smallest absolute Gasteiger partial charge is 0.313 e. The molecule has 36 heavy (non-hydrogen) atoms. The quantitative estimate of drug-likeness (QED) is 0.381. The van der Waals surface area contributed by atoms with Gasteiger partial charge in [-0.3, -0.25) is 14.4 Å². The number of allylic oxidation sites excluding steroid dienone is 1. The summed E-state index contributed by atoms with van der Waals surface area (Å²) < 4.78 is 23.4. The highest BCUT2D eigenvalue weighted by molar-refractivity contribution is 6.00. The lowest BCUT2D eigenvalue weighted by molar-refractivity contribution is -0.213. The number of ether oxygens (including phenoxy) is 3. The molecule has 3 heterocycles. The van der Waals surface area contributed by atoms with Gasteiger partial charge in [-0.25, -0.2) is 0 Å². The van der Waals surface area contributed by atoms with E-state index >= 15 is 0 Å². The first-order chi connectivity index (χ1) is 17.0. The van der Waals surface area contributed by atoms with E-state index in [1.807, 2.05) is 19.9 Å². The van der Waals surface area contributed by atoms with Crippen LogP contribution < -0.4 is 0 Å². The minimum atomic E-state index is -1.22. The molecule has 6 rings (SSSR count). The maximum absolute atomic E-state index is 14.0. The highest BCUT2D eigenvalue weighted by atomic mass is 16.6. The summed E-state index contributed by atoms with van der Waals surface area (Å²) in [5.41, 5.74) is -0.956. The second kappa shape index (κ2) is 7.18. The molecule has 0 amide bonds. The van der Waals surface area contributed by atoms with E-state index in [0.717, 1.165) is 16.7 Å².